The van der Waals surface area contributed by atoms with Gasteiger partial charge >= 0.3 is 6.09 Å². The molecule has 0 spiro atoms. The van der Waals surface area contributed by atoms with Crippen LogP contribution in [0.3, 0.4) is 0 Å². The van der Waals surface area contributed by atoms with Crippen molar-refractivity contribution < 1.29 is 18.3 Å². The molecule has 0 radical (unpaired) electrons. The van der Waals surface area contributed by atoms with Crippen LogP contribution < -0.4 is 4.90 Å². The van der Waals surface area contributed by atoms with Crippen LogP contribution in [-0.2, 0) is 4.74 Å². The van der Waals surface area contributed by atoms with E-state index in [2.05, 4.69) is 9.97 Å². The highest BCUT2D eigenvalue weighted by atomic mass is 35.5. The third-order valence-corrected chi connectivity index (χ3v) is 4.66. The number of rotatable bonds is 2. The van der Waals surface area contributed by atoms with Crippen LogP contribution in [-0.4, -0.2) is 28.2 Å². The third kappa shape index (κ3) is 3.41. The number of ether oxygens (including phenoxy) is 1. The van der Waals surface area contributed by atoms with Gasteiger partial charge in [-0.1, -0.05) is 23.2 Å². The van der Waals surface area contributed by atoms with Crippen molar-refractivity contribution in [2.45, 2.75) is 33.3 Å². The number of halogens is 4. The molecule has 1 amide bonds. The van der Waals surface area contributed by atoms with E-state index in [9.17, 15) is 13.6 Å². The molecule has 3 aromatic rings. The Hall–Kier alpha value is -2.12. The first-order chi connectivity index (χ1) is 12.5. The van der Waals surface area contributed by atoms with Crippen LogP contribution in [0.15, 0.2) is 12.3 Å². The number of H-pyrrole nitrogens is 1. The maximum Gasteiger partial charge on any atom is 0.414 e. The minimum Gasteiger partial charge on any atom is -0.443 e. The molecule has 0 fully saturated rings. The van der Waals surface area contributed by atoms with Gasteiger partial charge in [-0.15, -0.1) is 0 Å². The van der Waals surface area contributed by atoms with Crippen LogP contribution in [0.2, 0.25) is 10.0 Å². The Labute approximate surface area is 164 Å². The second-order valence-corrected chi connectivity index (χ2v) is 7.72. The maximum atomic E-state index is 14.6. The molecule has 0 aliphatic carbocycles. The van der Waals surface area contributed by atoms with Gasteiger partial charge in [0.25, 0.3) is 0 Å². The number of hydrogen-bond acceptors (Lipinski definition) is 3. The average molecular weight is 416 g/mol. The van der Waals surface area contributed by atoms with Gasteiger partial charge in [-0.2, -0.15) is 0 Å². The van der Waals surface area contributed by atoms with Gasteiger partial charge in [0.15, 0.2) is 11.6 Å². The smallest absolute Gasteiger partial charge is 0.414 e. The van der Waals surface area contributed by atoms with Gasteiger partial charge in [0.2, 0.25) is 0 Å². The molecule has 0 saturated carbocycles. The SMILES string of the molecule is CCN(C(=O)OC(C)(C)C)c1cc(F)c(F)c2c1[nH]c1ncc(Cl)c(Cl)c12. The first-order valence-corrected chi connectivity index (χ1v) is 8.94. The van der Waals surface area contributed by atoms with E-state index in [1.807, 2.05) is 0 Å². The van der Waals surface area contributed by atoms with Gasteiger partial charge in [0.05, 0.1) is 26.6 Å². The van der Waals surface area contributed by atoms with Crippen molar-refractivity contribution in [2.24, 2.45) is 0 Å². The number of pyridine rings is 1. The zero-order valence-electron chi connectivity index (χ0n) is 15.1. The molecule has 0 aliphatic heterocycles. The van der Waals surface area contributed by atoms with Gasteiger partial charge in [0, 0.05) is 24.2 Å². The minimum absolute atomic E-state index is 0.0451. The van der Waals surface area contributed by atoms with Crippen molar-refractivity contribution in [2.75, 3.05) is 11.4 Å². The van der Waals surface area contributed by atoms with E-state index in [4.69, 9.17) is 27.9 Å². The Morgan fingerprint density at radius 3 is 2.56 bits per heavy atom. The molecule has 144 valence electrons. The number of carbonyl (C=O) groups is 1. The highest BCUT2D eigenvalue weighted by Gasteiger charge is 2.28. The summed E-state index contributed by atoms with van der Waals surface area (Å²) in [6.45, 7) is 7.02. The molecule has 1 aromatic carbocycles. The maximum absolute atomic E-state index is 14.6. The summed E-state index contributed by atoms with van der Waals surface area (Å²) >= 11 is 12.2. The molecule has 5 nitrogen and oxygen atoms in total. The second-order valence-electron chi connectivity index (χ2n) is 6.93. The summed E-state index contributed by atoms with van der Waals surface area (Å²) in [5.74, 6) is -2.23. The summed E-state index contributed by atoms with van der Waals surface area (Å²) in [4.78, 5) is 20.8. The van der Waals surface area contributed by atoms with Gasteiger partial charge in [-0.3, -0.25) is 4.90 Å². The lowest BCUT2D eigenvalue weighted by Gasteiger charge is -2.27. The van der Waals surface area contributed by atoms with Crippen LogP contribution in [0.4, 0.5) is 19.3 Å². The first-order valence-electron chi connectivity index (χ1n) is 8.19. The standard InChI is InChI=1S/C18H17Cl2F2N3O2/c1-5-25(17(26)27-18(2,3)4)10-6-9(21)14(22)12-11-13(20)8(19)7-23-16(11)24-15(10)12/h6-7H,5H2,1-4H3,(H,23,24). The van der Waals surface area contributed by atoms with Crippen molar-refractivity contribution in [1.82, 2.24) is 9.97 Å². The van der Waals surface area contributed by atoms with E-state index in [1.165, 1.54) is 11.1 Å². The summed E-state index contributed by atoms with van der Waals surface area (Å²) in [5.41, 5.74) is -0.231. The molecule has 0 unspecified atom stereocenters. The lowest BCUT2D eigenvalue weighted by Crippen LogP contribution is -2.37. The van der Waals surface area contributed by atoms with Crippen LogP contribution in [0.25, 0.3) is 21.9 Å². The fraction of sp³-hybridized carbons (Fsp3) is 0.333. The summed E-state index contributed by atoms with van der Waals surface area (Å²) in [6, 6.07) is 0.940. The minimum atomic E-state index is -1.13. The Balaban J connectivity index is 2.32. The number of nitrogens with one attached hydrogen (secondary N) is 1. The van der Waals surface area contributed by atoms with Crippen molar-refractivity contribution in [3.63, 3.8) is 0 Å². The molecular formula is C18H17Cl2F2N3O2. The molecule has 2 aromatic heterocycles. The number of aromatic nitrogens is 2. The quantitative estimate of drug-likeness (QED) is 0.552. The molecule has 1 N–H and O–H groups in total. The summed E-state index contributed by atoms with van der Waals surface area (Å²) < 4.78 is 34.4. The Kier molecular flexibility index (Phi) is 4.94. The van der Waals surface area contributed by atoms with E-state index in [1.54, 1.807) is 27.7 Å². The van der Waals surface area contributed by atoms with Crippen molar-refractivity contribution in [3.8, 4) is 0 Å². The average Bonchev–Trinajstić information content (AvgIpc) is 2.95. The van der Waals surface area contributed by atoms with Crippen LogP contribution in [0.5, 0.6) is 0 Å². The van der Waals surface area contributed by atoms with Crippen LogP contribution in [0.1, 0.15) is 27.7 Å². The van der Waals surface area contributed by atoms with Crippen molar-refractivity contribution >= 4 is 56.9 Å². The Bertz CT molecular complexity index is 1060. The molecule has 3 rings (SSSR count). The number of aromatic amines is 1. The molecule has 27 heavy (non-hydrogen) atoms. The normalized spacial score (nSPS) is 12.0. The van der Waals surface area contributed by atoms with Gasteiger partial charge in [-0.25, -0.2) is 18.6 Å². The van der Waals surface area contributed by atoms with Gasteiger partial charge in [-0.05, 0) is 27.7 Å². The van der Waals surface area contributed by atoms with E-state index in [0.717, 1.165) is 6.07 Å². The van der Waals surface area contributed by atoms with Crippen LogP contribution in [0, 0.1) is 11.6 Å². The largest absolute Gasteiger partial charge is 0.443 e. The Morgan fingerprint density at radius 2 is 1.96 bits per heavy atom. The fourth-order valence-corrected chi connectivity index (χ4v) is 3.18. The zero-order chi connectivity index (χ0) is 20.1. The fourth-order valence-electron chi connectivity index (χ4n) is 2.81. The number of amides is 1. The molecular weight excluding hydrogens is 399 g/mol. The first kappa shape index (κ1) is 19.6. The topological polar surface area (TPSA) is 58.2 Å². The van der Waals surface area contributed by atoms with Crippen molar-refractivity contribution in [1.29, 1.82) is 0 Å². The summed E-state index contributed by atoms with van der Waals surface area (Å²) in [7, 11) is 0. The summed E-state index contributed by atoms with van der Waals surface area (Å²) in [6.07, 6.45) is 0.620. The van der Waals surface area contributed by atoms with E-state index in [0.29, 0.717) is 0 Å². The predicted molar refractivity (Wildman–Crippen MR) is 103 cm³/mol. The molecule has 0 atom stereocenters. The number of fused-ring (bicyclic) bond motifs is 3. The van der Waals surface area contributed by atoms with Gasteiger partial charge in [0.1, 0.15) is 11.2 Å². The molecule has 0 saturated heterocycles. The monoisotopic (exact) mass is 415 g/mol. The van der Waals surface area contributed by atoms with Gasteiger partial charge < -0.3 is 9.72 Å². The van der Waals surface area contributed by atoms with E-state index < -0.39 is 23.3 Å². The number of nitrogens with zero attached hydrogens (tertiary/aromatic N) is 2. The van der Waals surface area contributed by atoms with Crippen LogP contribution >= 0.6 is 23.2 Å². The number of hydrogen-bond donors (Lipinski definition) is 1. The number of benzene rings is 1. The molecule has 9 heteroatoms. The number of carbonyl (C=O) groups excluding carboxylic acids is 1. The lowest BCUT2D eigenvalue weighted by atomic mass is 10.1. The molecule has 0 aliphatic rings. The number of anilines is 1. The highest BCUT2D eigenvalue weighted by Crippen LogP contribution is 2.40. The summed E-state index contributed by atoms with van der Waals surface area (Å²) in [5, 5.41) is 0.179. The predicted octanol–water partition coefficient (Wildman–Crippen LogP) is 6.06. The lowest BCUT2D eigenvalue weighted by molar-refractivity contribution is 0.0582. The third-order valence-electron chi connectivity index (χ3n) is 3.89. The van der Waals surface area contributed by atoms with E-state index in [-0.39, 0.29) is 44.2 Å². The second kappa shape index (κ2) is 6.80. The van der Waals surface area contributed by atoms with E-state index >= 15 is 0 Å². The molecule has 2 heterocycles. The highest BCUT2D eigenvalue weighted by molar-refractivity contribution is 6.46. The van der Waals surface area contributed by atoms with Crippen molar-refractivity contribution in [3.05, 3.63) is 33.9 Å². The Morgan fingerprint density at radius 1 is 1.30 bits per heavy atom. The zero-order valence-corrected chi connectivity index (χ0v) is 16.6. The molecule has 0 bridgehead atoms.